The topological polar surface area (TPSA) is 131 Å². The predicted molar refractivity (Wildman–Crippen MR) is 142 cm³/mol. The van der Waals surface area contributed by atoms with Crippen molar-refractivity contribution in [3.8, 4) is 17.0 Å². The molecule has 196 valence electrons. The lowest BCUT2D eigenvalue weighted by Gasteiger charge is -2.17. The summed E-state index contributed by atoms with van der Waals surface area (Å²) in [6.07, 6.45) is 0.118. The van der Waals surface area contributed by atoms with Crippen molar-refractivity contribution >= 4 is 27.6 Å². The van der Waals surface area contributed by atoms with E-state index in [4.69, 9.17) is 11.6 Å². The monoisotopic (exact) mass is 553 g/mol. The number of rotatable bonds is 8. The number of fused-ring (bicyclic) bond motifs is 2. The van der Waals surface area contributed by atoms with E-state index in [1.165, 1.54) is 16.7 Å². The molecule has 0 fully saturated rings. The number of carboxylic acids is 1. The maximum Gasteiger partial charge on any atom is 0.331 e. The number of aromatic nitrogens is 2. The van der Waals surface area contributed by atoms with Gasteiger partial charge in [0, 0.05) is 18.0 Å². The molecule has 4 aromatic rings. The molecule has 0 saturated heterocycles. The van der Waals surface area contributed by atoms with Gasteiger partial charge in [0.25, 0.3) is 0 Å². The summed E-state index contributed by atoms with van der Waals surface area (Å²) in [5.74, 6) is -1.63. The average molecular weight is 554 g/mol. The van der Waals surface area contributed by atoms with Crippen LogP contribution in [0.2, 0.25) is 5.02 Å². The summed E-state index contributed by atoms with van der Waals surface area (Å²) >= 11 is 5.92. The van der Waals surface area contributed by atoms with Crippen LogP contribution in [0.4, 0.5) is 0 Å². The fourth-order valence-corrected chi connectivity index (χ4v) is 5.97. The Kier molecular flexibility index (Phi) is 6.87. The molecule has 0 bridgehead atoms. The van der Waals surface area contributed by atoms with Crippen molar-refractivity contribution in [1.82, 2.24) is 13.9 Å². The number of nitrogens with one attached hydrogen (secondary N) is 1. The largest absolute Gasteiger partial charge is 0.493 e. The number of benzene rings is 3. The van der Waals surface area contributed by atoms with Gasteiger partial charge in [-0.15, -0.1) is 0 Å². The number of carboxylic acid groups (broad SMARTS) is 1. The number of nitrogens with zero attached hydrogens (tertiary/aromatic N) is 2. The van der Waals surface area contributed by atoms with E-state index < -0.39 is 27.7 Å². The van der Waals surface area contributed by atoms with Crippen molar-refractivity contribution in [2.75, 3.05) is 0 Å². The first-order valence-electron chi connectivity index (χ1n) is 11.8. The summed E-state index contributed by atoms with van der Waals surface area (Å²) in [7, 11) is -4.18. The summed E-state index contributed by atoms with van der Waals surface area (Å²) in [6.45, 7) is 0.113. The highest BCUT2D eigenvalue weighted by Gasteiger charge is 2.28. The Bertz CT molecular complexity index is 1680. The van der Waals surface area contributed by atoms with Crippen LogP contribution in [0.25, 0.3) is 11.1 Å². The van der Waals surface area contributed by atoms with Crippen LogP contribution in [0.3, 0.4) is 0 Å². The maximum atomic E-state index is 13.0. The second kappa shape index (κ2) is 10.1. The van der Waals surface area contributed by atoms with Gasteiger partial charge in [0.1, 0.15) is 6.04 Å². The second-order valence-electron chi connectivity index (χ2n) is 9.07. The quantitative estimate of drug-likeness (QED) is 0.270. The van der Waals surface area contributed by atoms with Gasteiger partial charge in [0.15, 0.2) is 0 Å². The Morgan fingerprint density at radius 3 is 2.21 bits per heavy atom. The van der Waals surface area contributed by atoms with Crippen LogP contribution in [0.15, 0.2) is 82.5 Å². The van der Waals surface area contributed by atoms with Crippen molar-refractivity contribution in [2.45, 2.75) is 36.9 Å². The van der Waals surface area contributed by atoms with Crippen molar-refractivity contribution in [2.24, 2.45) is 0 Å². The Morgan fingerprint density at radius 1 is 0.974 bits per heavy atom. The lowest BCUT2D eigenvalue weighted by Crippen LogP contribution is -2.42. The van der Waals surface area contributed by atoms with Crippen LogP contribution in [-0.4, -0.2) is 39.8 Å². The van der Waals surface area contributed by atoms with Crippen molar-refractivity contribution < 1.29 is 23.4 Å². The van der Waals surface area contributed by atoms with Gasteiger partial charge in [-0.1, -0.05) is 60.1 Å². The Hall–Kier alpha value is -3.86. The molecule has 0 radical (unpaired) electrons. The Labute approximate surface area is 223 Å². The van der Waals surface area contributed by atoms with E-state index in [0.717, 1.165) is 26.8 Å². The predicted octanol–water partition coefficient (Wildman–Crippen LogP) is 3.45. The van der Waals surface area contributed by atoms with E-state index in [1.54, 1.807) is 36.4 Å². The normalized spacial score (nSPS) is 13.5. The first-order valence-corrected chi connectivity index (χ1v) is 13.7. The number of hydrogen-bond donors (Lipinski definition) is 3. The van der Waals surface area contributed by atoms with Gasteiger partial charge in [-0.2, -0.15) is 4.72 Å². The lowest BCUT2D eigenvalue weighted by molar-refractivity contribution is -0.139. The summed E-state index contributed by atoms with van der Waals surface area (Å²) in [5, 5.41) is 21.0. The standard InChI is InChI=1S/C27H24ClN3O6S/c28-21-9-5-17(6-10-21)18-7-11-22(12-8-18)38(36,37)29-23(26(33)34)13-14-30-25(32)24-15-19-3-1-2-4-20(19)16-31(24)27(30)35/h1-12,23,29,32H,13-16H2,(H,33,34)/t23-/m1/s1. The third kappa shape index (κ3) is 4.98. The maximum absolute atomic E-state index is 13.0. The molecule has 5 rings (SSSR count). The number of carbonyl (C=O) groups is 1. The zero-order valence-electron chi connectivity index (χ0n) is 20.0. The van der Waals surface area contributed by atoms with Crippen molar-refractivity contribution in [3.05, 3.63) is 105 Å². The fraction of sp³-hybridized carbons (Fsp3) is 0.185. The van der Waals surface area contributed by atoms with Crippen LogP contribution in [0, 0.1) is 0 Å². The third-order valence-electron chi connectivity index (χ3n) is 6.69. The number of aromatic hydroxyl groups is 1. The van der Waals surface area contributed by atoms with Crippen molar-refractivity contribution in [1.29, 1.82) is 0 Å². The highest BCUT2D eigenvalue weighted by molar-refractivity contribution is 7.89. The van der Waals surface area contributed by atoms with Crippen LogP contribution in [0.1, 0.15) is 23.2 Å². The Balaban J connectivity index is 1.32. The molecule has 11 heteroatoms. The highest BCUT2D eigenvalue weighted by Crippen LogP contribution is 2.28. The number of hydrogen-bond acceptors (Lipinski definition) is 5. The molecule has 0 saturated carbocycles. The van der Waals surface area contributed by atoms with E-state index in [2.05, 4.69) is 4.72 Å². The molecule has 0 spiro atoms. The van der Waals surface area contributed by atoms with Gasteiger partial charge in [-0.05, 0) is 52.9 Å². The molecular weight excluding hydrogens is 530 g/mol. The average Bonchev–Trinajstić information content (AvgIpc) is 3.14. The van der Waals surface area contributed by atoms with E-state index in [-0.39, 0.29) is 23.7 Å². The van der Waals surface area contributed by atoms with E-state index in [9.17, 15) is 28.2 Å². The Morgan fingerprint density at radius 2 is 1.58 bits per heavy atom. The smallest absolute Gasteiger partial charge is 0.331 e. The molecule has 3 N–H and O–H groups in total. The molecular formula is C27H24ClN3O6S. The van der Waals surface area contributed by atoms with Crippen molar-refractivity contribution in [3.63, 3.8) is 0 Å². The van der Waals surface area contributed by atoms with Gasteiger partial charge in [-0.3, -0.25) is 13.9 Å². The molecule has 3 aromatic carbocycles. The minimum Gasteiger partial charge on any atom is -0.493 e. The molecule has 9 nitrogen and oxygen atoms in total. The minimum absolute atomic E-state index is 0.0985. The number of aliphatic carboxylic acids is 1. The first-order chi connectivity index (χ1) is 18.1. The number of imidazole rings is 1. The summed E-state index contributed by atoms with van der Waals surface area (Å²) < 4.78 is 30.7. The van der Waals surface area contributed by atoms with E-state index >= 15 is 0 Å². The third-order valence-corrected chi connectivity index (χ3v) is 8.42. The van der Waals surface area contributed by atoms with Gasteiger partial charge in [0.05, 0.1) is 17.1 Å². The zero-order chi connectivity index (χ0) is 27.0. The zero-order valence-corrected chi connectivity index (χ0v) is 21.6. The minimum atomic E-state index is -4.18. The number of sulfonamides is 1. The fourth-order valence-electron chi connectivity index (χ4n) is 4.62. The lowest BCUT2D eigenvalue weighted by atomic mass is 9.99. The van der Waals surface area contributed by atoms with Gasteiger partial charge >= 0.3 is 11.7 Å². The van der Waals surface area contributed by atoms with Crippen LogP contribution in [-0.2, 0) is 34.3 Å². The second-order valence-corrected chi connectivity index (χ2v) is 11.2. The molecule has 2 heterocycles. The number of halogens is 1. The molecule has 0 amide bonds. The highest BCUT2D eigenvalue weighted by atomic mass is 35.5. The molecule has 1 aromatic heterocycles. The van der Waals surface area contributed by atoms with E-state index in [0.29, 0.717) is 23.7 Å². The molecule has 1 aliphatic rings. The first kappa shape index (κ1) is 25.8. The van der Waals surface area contributed by atoms with E-state index in [1.807, 2.05) is 24.3 Å². The molecule has 1 aliphatic heterocycles. The van der Waals surface area contributed by atoms with Gasteiger partial charge in [-0.25, -0.2) is 13.2 Å². The summed E-state index contributed by atoms with van der Waals surface area (Å²) in [6, 6.07) is 19.2. The van der Waals surface area contributed by atoms with Gasteiger partial charge in [0.2, 0.25) is 15.9 Å². The molecule has 0 unspecified atom stereocenters. The van der Waals surface area contributed by atoms with Crippen LogP contribution < -0.4 is 10.4 Å². The molecule has 1 atom stereocenters. The summed E-state index contributed by atoms with van der Waals surface area (Å²) in [4.78, 5) is 24.8. The van der Waals surface area contributed by atoms with Crippen LogP contribution >= 0.6 is 11.6 Å². The molecule has 0 aliphatic carbocycles. The van der Waals surface area contributed by atoms with Crippen LogP contribution in [0.5, 0.6) is 5.88 Å². The molecule has 38 heavy (non-hydrogen) atoms. The summed E-state index contributed by atoms with van der Waals surface area (Å²) in [5.41, 5.74) is 3.55. The SMILES string of the molecule is O=C(O)[C@@H](CCn1c(O)c2n(c1=O)Cc1ccccc1C2)NS(=O)(=O)c1ccc(-c2ccc(Cl)cc2)cc1. The van der Waals surface area contributed by atoms with Gasteiger partial charge < -0.3 is 10.2 Å².